The van der Waals surface area contributed by atoms with E-state index in [1.54, 1.807) is 16.8 Å². The summed E-state index contributed by atoms with van der Waals surface area (Å²) in [5.74, 6) is 0. The number of fused-ring (bicyclic) bond motifs is 1. The minimum Gasteiger partial charge on any atom is -0.453 e. The molecule has 25 heavy (non-hydrogen) atoms. The zero-order valence-electron chi connectivity index (χ0n) is 13.5. The molecule has 0 fully saturated rings. The van der Waals surface area contributed by atoms with Gasteiger partial charge in [-0.3, -0.25) is 4.68 Å². The molecule has 0 aliphatic rings. The number of rotatable bonds is 3. The van der Waals surface area contributed by atoms with Crippen molar-refractivity contribution < 1.29 is 9.53 Å². The number of halogens is 3. The maximum Gasteiger partial charge on any atom is 0.407 e. The van der Waals surface area contributed by atoms with Crippen LogP contribution in [0.1, 0.15) is 5.69 Å². The van der Waals surface area contributed by atoms with Crippen molar-refractivity contribution >= 4 is 52.6 Å². The Morgan fingerprint density at radius 1 is 1.24 bits per heavy atom. The number of methoxy groups -OCH3 is 1. The largest absolute Gasteiger partial charge is 0.453 e. The minimum atomic E-state index is -0.485. The van der Waals surface area contributed by atoms with Crippen LogP contribution in [0.4, 0.5) is 4.79 Å². The molecule has 8 heteroatoms. The van der Waals surface area contributed by atoms with E-state index in [2.05, 4.69) is 15.2 Å². The summed E-state index contributed by atoms with van der Waals surface area (Å²) in [6.45, 7) is 0.317. The van der Waals surface area contributed by atoms with Crippen LogP contribution in [0.15, 0.2) is 36.4 Å². The maximum absolute atomic E-state index is 11.3. The third-order valence-corrected chi connectivity index (χ3v) is 4.34. The first-order valence-corrected chi connectivity index (χ1v) is 7.98. The molecule has 0 radical (unpaired) electrons. The van der Waals surface area contributed by atoms with E-state index in [9.17, 15) is 4.79 Å². The standard InChI is InChI=1S/C17H15Cl2N3O2.ClH/c1-22-15(9-20-17(23)24-2)13-5-3-4-12(16(13)21-22)11-7-6-10(18)8-14(11)19;/h3-8H,9H2,1-2H3,(H,20,23);1H. The summed E-state index contributed by atoms with van der Waals surface area (Å²) in [4.78, 5) is 11.3. The van der Waals surface area contributed by atoms with Crippen LogP contribution in [-0.2, 0) is 18.3 Å². The van der Waals surface area contributed by atoms with Gasteiger partial charge in [0.25, 0.3) is 0 Å². The molecular weight excluding hydrogens is 385 g/mol. The number of nitrogens with zero attached hydrogens (tertiary/aromatic N) is 2. The second-order valence-electron chi connectivity index (χ2n) is 5.24. The number of amides is 1. The van der Waals surface area contributed by atoms with Crippen LogP contribution in [0, 0.1) is 0 Å². The van der Waals surface area contributed by atoms with E-state index in [0.29, 0.717) is 16.6 Å². The number of ether oxygens (including phenoxy) is 1. The van der Waals surface area contributed by atoms with E-state index in [4.69, 9.17) is 23.2 Å². The Hall–Kier alpha value is -1.95. The van der Waals surface area contributed by atoms with E-state index in [1.807, 2.05) is 31.3 Å². The average Bonchev–Trinajstić information content (AvgIpc) is 2.88. The fraction of sp³-hybridized carbons (Fsp3) is 0.176. The Labute approximate surface area is 161 Å². The molecule has 5 nitrogen and oxygen atoms in total. The Morgan fingerprint density at radius 3 is 2.68 bits per heavy atom. The van der Waals surface area contributed by atoms with Gasteiger partial charge in [0.15, 0.2) is 0 Å². The highest BCUT2D eigenvalue weighted by atomic mass is 35.5. The van der Waals surface area contributed by atoms with Crippen LogP contribution in [0.25, 0.3) is 22.0 Å². The lowest BCUT2D eigenvalue weighted by Gasteiger charge is -2.06. The molecule has 0 atom stereocenters. The smallest absolute Gasteiger partial charge is 0.407 e. The molecule has 3 aromatic rings. The number of nitrogens with one attached hydrogen (secondary N) is 1. The van der Waals surface area contributed by atoms with Gasteiger partial charge in [-0.15, -0.1) is 12.4 Å². The monoisotopic (exact) mass is 399 g/mol. The van der Waals surface area contributed by atoms with Gasteiger partial charge in [0, 0.05) is 33.6 Å². The molecule has 2 aromatic carbocycles. The Bertz CT molecular complexity index is 925. The zero-order valence-corrected chi connectivity index (χ0v) is 15.9. The quantitative estimate of drug-likeness (QED) is 0.685. The van der Waals surface area contributed by atoms with Gasteiger partial charge in [0.05, 0.1) is 19.3 Å². The fourth-order valence-electron chi connectivity index (χ4n) is 2.63. The SMILES string of the molecule is COC(=O)NCc1c2cccc(-c3ccc(Cl)cc3Cl)c2nn1C.Cl. The summed E-state index contributed by atoms with van der Waals surface area (Å²) < 4.78 is 6.35. The van der Waals surface area contributed by atoms with Gasteiger partial charge in [-0.2, -0.15) is 5.10 Å². The number of aromatic nitrogens is 2. The highest BCUT2D eigenvalue weighted by molar-refractivity contribution is 6.36. The Morgan fingerprint density at radius 2 is 2.00 bits per heavy atom. The lowest BCUT2D eigenvalue weighted by atomic mass is 10.0. The van der Waals surface area contributed by atoms with E-state index in [-0.39, 0.29) is 12.4 Å². The van der Waals surface area contributed by atoms with Crippen LogP contribution in [0.5, 0.6) is 0 Å². The van der Waals surface area contributed by atoms with Gasteiger partial charge in [-0.25, -0.2) is 4.79 Å². The van der Waals surface area contributed by atoms with Crippen LogP contribution < -0.4 is 5.32 Å². The van der Waals surface area contributed by atoms with Crippen molar-refractivity contribution in [2.75, 3.05) is 7.11 Å². The van der Waals surface area contributed by atoms with Crippen molar-refractivity contribution in [3.8, 4) is 11.1 Å². The van der Waals surface area contributed by atoms with E-state index >= 15 is 0 Å². The summed E-state index contributed by atoms with van der Waals surface area (Å²) in [5, 5.41) is 9.36. The molecule has 132 valence electrons. The molecule has 0 spiro atoms. The zero-order chi connectivity index (χ0) is 17.3. The third kappa shape index (κ3) is 3.84. The molecule has 0 aliphatic heterocycles. The minimum absolute atomic E-state index is 0. The van der Waals surface area contributed by atoms with Crippen LogP contribution >= 0.6 is 35.6 Å². The highest BCUT2D eigenvalue weighted by Crippen LogP contribution is 2.35. The molecule has 1 aromatic heterocycles. The highest BCUT2D eigenvalue weighted by Gasteiger charge is 2.15. The van der Waals surface area contributed by atoms with Crippen molar-refractivity contribution in [3.05, 3.63) is 52.1 Å². The maximum atomic E-state index is 11.3. The summed E-state index contributed by atoms with van der Waals surface area (Å²) >= 11 is 12.3. The molecule has 0 saturated heterocycles. The average molecular weight is 401 g/mol. The number of benzene rings is 2. The predicted octanol–water partition coefficient (Wildman–Crippen LogP) is 4.82. The second kappa shape index (κ2) is 7.95. The normalized spacial score (nSPS) is 10.4. The molecule has 1 amide bonds. The Balaban J connectivity index is 0.00000225. The lowest BCUT2D eigenvalue weighted by Crippen LogP contribution is -2.23. The van der Waals surface area contributed by atoms with Crippen LogP contribution in [0.3, 0.4) is 0 Å². The summed E-state index contributed by atoms with van der Waals surface area (Å²) in [5.41, 5.74) is 3.46. The van der Waals surface area contributed by atoms with Crippen LogP contribution in [0.2, 0.25) is 10.0 Å². The Kier molecular flexibility index (Phi) is 6.16. The molecule has 0 aliphatic carbocycles. The number of hydrogen-bond donors (Lipinski definition) is 1. The van der Waals surface area contributed by atoms with Gasteiger partial charge >= 0.3 is 6.09 Å². The third-order valence-electron chi connectivity index (χ3n) is 3.79. The molecule has 1 N–H and O–H groups in total. The van der Waals surface area contributed by atoms with Gasteiger partial charge in [-0.05, 0) is 12.1 Å². The molecule has 3 rings (SSSR count). The summed E-state index contributed by atoms with van der Waals surface area (Å²) in [6, 6.07) is 11.2. The number of alkyl carbamates (subject to hydrolysis) is 1. The predicted molar refractivity (Wildman–Crippen MR) is 103 cm³/mol. The lowest BCUT2D eigenvalue weighted by molar-refractivity contribution is 0.170. The van der Waals surface area contributed by atoms with Gasteiger partial charge < -0.3 is 10.1 Å². The molecule has 0 unspecified atom stereocenters. The fourth-order valence-corrected chi connectivity index (χ4v) is 3.14. The summed E-state index contributed by atoms with van der Waals surface area (Å²) in [7, 11) is 3.17. The van der Waals surface area contributed by atoms with Crippen molar-refractivity contribution in [1.29, 1.82) is 0 Å². The molecule has 1 heterocycles. The first-order valence-electron chi connectivity index (χ1n) is 7.23. The van der Waals surface area contributed by atoms with Crippen molar-refractivity contribution in [2.24, 2.45) is 7.05 Å². The van der Waals surface area contributed by atoms with Crippen LogP contribution in [-0.4, -0.2) is 23.0 Å². The number of aryl methyl sites for hydroxylation is 1. The molecular formula is C17H16Cl3N3O2. The number of carbonyl (C=O) groups excluding carboxylic acids is 1. The molecule has 0 saturated carbocycles. The van der Waals surface area contributed by atoms with Gasteiger partial charge in [0.2, 0.25) is 0 Å². The van der Waals surface area contributed by atoms with Crippen molar-refractivity contribution in [1.82, 2.24) is 15.1 Å². The number of carbonyl (C=O) groups is 1. The van der Waals surface area contributed by atoms with Crippen molar-refractivity contribution in [2.45, 2.75) is 6.54 Å². The first kappa shape index (κ1) is 19.4. The van der Waals surface area contributed by atoms with Gasteiger partial charge in [0.1, 0.15) is 5.52 Å². The van der Waals surface area contributed by atoms with Gasteiger partial charge in [-0.1, -0.05) is 47.5 Å². The van der Waals surface area contributed by atoms with E-state index in [0.717, 1.165) is 27.7 Å². The number of hydrogen-bond acceptors (Lipinski definition) is 3. The topological polar surface area (TPSA) is 56.1 Å². The van der Waals surface area contributed by atoms with E-state index in [1.165, 1.54) is 7.11 Å². The molecule has 0 bridgehead atoms. The second-order valence-corrected chi connectivity index (χ2v) is 6.08. The van der Waals surface area contributed by atoms with Crippen molar-refractivity contribution in [3.63, 3.8) is 0 Å². The summed E-state index contributed by atoms with van der Waals surface area (Å²) in [6.07, 6.45) is -0.485. The van der Waals surface area contributed by atoms with E-state index < -0.39 is 6.09 Å². The first-order chi connectivity index (χ1) is 11.5.